The van der Waals surface area contributed by atoms with Crippen LogP contribution in [0.3, 0.4) is 0 Å². The van der Waals surface area contributed by atoms with Gasteiger partial charge in [0, 0.05) is 6.07 Å². The Balaban J connectivity index is 2.20. The number of amides is 1. The van der Waals surface area contributed by atoms with Gasteiger partial charge in [0.15, 0.2) is 0 Å². The number of nitro benzene ring substituents is 1. The molecular weight excluding hydrogens is 367 g/mol. The molecule has 0 bridgehead atoms. The van der Waals surface area contributed by atoms with Crippen molar-refractivity contribution in [2.75, 3.05) is 17.7 Å². The van der Waals surface area contributed by atoms with E-state index in [1.807, 2.05) is 0 Å². The van der Waals surface area contributed by atoms with Gasteiger partial charge in [-0.05, 0) is 31.2 Å². The second-order valence-electron chi connectivity index (χ2n) is 5.54. The molecule has 0 aromatic heterocycles. The number of nitrogens with one attached hydrogen (secondary N) is 2. The molecule has 0 saturated carbocycles. The number of ether oxygens (including phenoxy) is 1. The van der Waals surface area contributed by atoms with Gasteiger partial charge in [0.1, 0.15) is 17.5 Å². The minimum absolute atomic E-state index is 0.198. The Bertz CT molecular complexity index is 856. The molecule has 1 unspecified atom stereocenters. The summed E-state index contributed by atoms with van der Waals surface area (Å²) >= 11 is 0. The van der Waals surface area contributed by atoms with Gasteiger partial charge >= 0.3 is 6.18 Å². The molecule has 0 heterocycles. The number of hydrogen-bond acceptors (Lipinski definition) is 5. The molecule has 1 atom stereocenters. The van der Waals surface area contributed by atoms with Crippen molar-refractivity contribution in [3.8, 4) is 5.75 Å². The van der Waals surface area contributed by atoms with Gasteiger partial charge in [-0.2, -0.15) is 13.2 Å². The molecule has 0 saturated heterocycles. The summed E-state index contributed by atoms with van der Waals surface area (Å²) in [4.78, 5) is 22.5. The number of rotatable bonds is 6. The minimum Gasteiger partial charge on any atom is -0.495 e. The highest BCUT2D eigenvalue weighted by molar-refractivity contribution is 5.97. The van der Waals surface area contributed by atoms with Gasteiger partial charge in [0.05, 0.1) is 23.3 Å². The van der Waals surface area contributed by atoms with Gasteiger partial charge in [-0.3, -0.25) is 14.9 Å². The molecule has 7 nitrogen and oxygen atoms in total. The van der Waals surface area contributed by atoms with E-state index in [2.05, 4.69) is 10.6 Å². The van der Waals surface area contributed by atoms with Crippen molar-refractivity contribution in [3.63, 3.8) is 0 Å². The summed E-state index contributed by atoms with van der Waals surface area (Å²) < 4.78 is 43.4. The number of carbonyl (C=O) groups is 1. The lowest BCUT2D eigenvalue weighted by Gasteiger charge is -2.17. The van der Waals surface area contributed by atoms with Crippen LogP contribution in [0.1, 0.15) is 12.5 Å². The molecule has 0 spiro atoms. The molecule has 2 rings (SSSR count). The van der Waals surface area contributed by atoms with Crippen LogP contribution in [0.15, 0.2) is 42.5 Å². The number of carbonyl (C=O) groups excluding carboxylic acids is 1. The van der Waals surface area contributed by atoms with E-state index in [9.17, 15) is 28.1 Å². The number of methoxy groups -OCH3 is 1. The molecule has 144 valence electrons. The molecule has 2 N–H and O–H groups in total. The Labute approximate surface area is 152 Å². The summed E-state index contributed by atoms with van der Waals surface area (Å²) in [6.45, 7) is 1.42. The largest absolute Gasteiger partial charge is 0.495 e. The third-order valence-electron chi connectivity index (χ3n) is 3.65. The van der Waals surface area contributed by atoms with Crippen molar-refractivity contribution in [2.24, 2.45) is 0 Å². The van der Waals surface area contributed by atoms with Crippen LogP contribution in [0.2, 0.25) is 0 Å². The van der Waals surface area contributed by atoms with Crippen LogP contribution in [0, 0.1) is 10.1 Å². The standard InChI is InChI=1S/C17H16F3N3O4/c1-10(16(24)22-13-5-3-4-6-15(13)27-2)21-12-8-7-11(17(18,19)20)9-14(12)23(25)26/h3-10,21H,1-2H3,(H,22,24). The number of benzene rings is 2. The van der Waals surface area contributed by atoms with E-state index in [0.29, 0.717) is 23.6 Å². The fourth-order valence-electron chi connectivity index (χ4n) is 2.27. The van der Waals surface area contributed by atoms with E-state index in [1.54, 1.807) is 24.3 Å². The fraction of sp³-hybridized carbons (Fsp3) is 0.235. The van der Waals surface area contributed by atoms with E-state index < -0.39 is 34.3 Å². The first-order chi connectivity index (χ1) is 12.6. The van der Waals surface area contributed by atoms with E-state index in [0.717, 1.165) is 6.07 Å². The van der Waals surface area contributed by atoms with Gasteiger partial charge in [-0.25, -0.2) is 0 Å². The number of nitrogens with zero attached hydrogens (tertiary/aromatic N) is 1. The van der Waals surface area contributed by atoms with Crippen LogP contribution in [-0.2, 0) is 11.0 Å². The number of alkyl halides is 3. The molecule has 0 aliphatic heterocycles. The Kier molecular flexibility index (Phi) is 5.88. The summed E-state index contributed by atoms with van der Waals surface area (Å²) in [6.07, 6.45) is -4.71. The molecule has 1 amide bonds. The molecule has 27 heavy (non-hydrogen) atoms. The zero-order valence-corrected chi connectivity index (χ0v) is 14.3. The zero-order chi connectivity index (χ0) is 20.2. The van der Waals surface area contributed by atoms with Crippen LogP contribution in [0.4, 0.5) is 30.2 Å². The van der Waals surface area contributed by atoms with Crippen LogP contribution in [0.25, 0.3) is 0 Å². The molecule has 0 radical (unpaired) electrons. The lowest BCUT2D eigenvalue weighted by molar-refractivity contribution is -0.384. The second-order valence-corrected chi connectivity index (χ2v) is 5.54. The zero-order valence-electron chi connectivity index (χ0n) is 14.3. The summed E-state index contributed by atoms with van der Waals surface area (Å²) in [6, 6.07) is 7.71. The fourth-order valence-corrected chi connectivity index (χ4v) is 2.27. The van der Waals surface area contributed by atoms with Crippen molar-refractivity contribution >= 4 is 23.0 Å². The van der Waals surface area contributed by atoms with Crippen LogP contribution in [0.5, 0.6) is 5.75 Å². The van der Waals surface area contributed by atoms with Gasteiger partial charge in [-0.1, -0.05) is 12.1 Å². The highest BCUT2D eigenvalue weighted by Crippen LogP contribution is 2.35. The quantitative estimate of drug-likeness (QED) is 0.580. The van der Waals surface area contributed by atoms with E-state index in [4.69, 9.17) is 4.74 Å². The maximum absolute atomic E-state index is 12.7. The summed E-state index contributed by atoms with van der Waals surface area (Å²) in [5.41, 5.74) is -1.73. The minimum atomic E-state index is -4.71. The van der Waals surface area contributed by atoms with Gasteiger partial charge < -0.3 is 15.4 Å². The molecule has 0 fully saturated rings. The van der Waals surface area contributed by atoms with Crippen molar-refractivity contribution in [2.45, 2.75) is 19.1 Å². The van der Waals surface area contributed by atoms with Crippen LogP contribution >= 0.6 is 0 Å². The highest BCUT2D eigenvalue weighted by Gasteiger charge is 2.33. The predicted molar refractivity (Wildman–Crippen MR) is 92.8 cm³/mol. The number of nitro groups is 1. The molecular formula is C17H16F3N3O4. The Hall–Kier alpha value is -3.30. The van der Waals surface area contributed by atoms with Gasteiger partial charge in [0.2, 0.25) is 5.91 Å². The summed E-state index contributed by atoms with van der Waals surface area (Å²) in [5.74, 6) is -0.132. The van der Waals surface area contributed by atoms with Crippen molar-refractivity contribution in [1.29, 1.82) is 0 Å². The van der Waals surface area contributed by atoms with Crippen LogP contribution in [-0.4, -0.2) is 24.0 Å². The van der Waals surface area contributed by atoms with E-state index in [-0.39, 0.29) is 5.69 Å². The molecule has 0 aliphatic carbocycles. The second kappa shape index (κ2) is 7.94. The van der Waals surface area contributed by atoms with E-state index in [1.165, 1.54) is 14.0 Å². The molecule has 2 aromatic carbocycles. The Morgan fingerprint density at radius 3 is 2.44 bits per heavy atom. The average Bonchev–Trinajstić information content (AvgIpc) is 2.61. The number of anilines is 2. The maximum atomic E-state index is 12.7. The van der Waals surface area contributed by atoms with Gasteiger partial charge in [-0.15, -0.1) is 0 Å². The first kappa shape index (κ1) is 20.0. The normalized spacial score (nSPS) is 12.2. The smallest absolute Gasteiger partial charge is 0.416 e. The summed E-state index contributed by atoms with van der Waals surface area (Å²) in [7, 11) is 1.43. The number of hydrogen-bond donors (Lipinski definition) is 2. The topological polar surface area (TPSA) is 93.5 Å². The molecule has 10 heteroatoms. The number of halogens is 3. The van der Waals surface area contributed by atoms with Gasteiger partial charge in [0.25, 0.3) is 5.69 Å². The number of para-hydroxylation sites is 2. The van der Waals surface area contributed by atoms with Crippen LogP contribution < -0.4 is 15.4 Å². The first-order valence-corrected chi connectivity index (χ1v) is 7.69. The lowest BCUT2D eigenvalue weighted by atomic mass is 10.1. The Morgan fingerprint density at radius 2 is 1.85 bits per heavy atom. The SMILES string of the molecule is COc1ccccc1NC(=O)C(C)Nc1ccc(C(F)(F)F)cc1[N+](=O)[O-]. The predicted octanol–water partition coefficient (Wildman–Crippen LogP) is 4.06. The third kappa shape index (κ3) is 4.87. The van der Waals surface area contributed by atoms with E-state index >= 15 is 0 Å². The summed E-state index contributed by atoms with van der Waals surface area (Å²) in [5, 5.41) is 16.3. The monoisotopic (exact) mass is 383 g/mol. The third-order valence-corrected chi connectivity index (χ3v) is 3.65. The van der Waals surface area contributed by atoms with Crippen molar-refractivity contribution < 1.29 is 27.6 Å². The maximum Gasteiger partial charge on any atom is 0.416 e. The highest BCUT2D eigenvalue weighted by atomic mass is 19.4. The Morgan fingerprint density at radius 1 is 1.19 bits per heavy atom. The van der Waals surface area contributed by atoms with Crippen molar-refractivity contribution in [3.05, 3.63) is 58.1 Å². The first-order valence-electron chi connectivity index (χ1n) is 7.69. The average molecular weight is 383 g/mol. The lowest BCUT2D eigenvalue weighted by Crippen LogP contribution is -2.32. The molecule has 0 aliphatic rings. The molecule has 2 aromatic rings. The van der Waals surface area contributed by atoms with Crippen molar-refractivity contribution in [1.82, 2.24) is 0 Å².